The summed E-state index contributed by atoms with van der Waals surface area (Å²) in [6.45, 7) is 1.45. The summed E-state index contributed by atoms with van der Waals surface area (Å²) in [6.07, 6.45) is 0. The van der Waals surface area contributed by atoms with Gasteiger partial charge in [0.05, 0.1) is 0 Å². The lowest BCUT2D eigenvalue weighted by Gasteiger charge is -2.10. The lowest BCUT2D eigenvalue weighted by atomic mass is 10.0. The second-order valence-electron chi connectivity index (χ2n) is 3.07. The maximum Gasteiger partial charge on any atom is 0.152 e. The molecule has 1 aromatic carbocycles. The van der Waals surface area contributed by atoms with Crippen LogP contribution in [0, 0.1) is 0 Å². The number of ketones is 1. The van der Waals surface area contributed by atoms with Gasteiger partial charge in [0.1, 0.15) is 5.38 Å². The number of benzene rings is 1. The number of nitrogens with two attached hydrogens (primary N) is 1. The third kappa shape index (κ3) is 2.49. The molecule has 1 atom stereocenters. The first-order valence-corrected chi connectivity index (χ1v) is 5.71. The van der Waals surface area contributed by atoms with Gasteiger partial charge in [-0.2, -0.15) is 0 Å². The fraction of sp³-hybridized carbons (Fsp3) is 0.300. The number of anilines is 1. The zero-order valence-electron chi connectivity index (χ0n) is 7.76. The summed E-state index contributed by atoms with van der Waals surface area (Å²) >= 11 is 9.23. The van der Waals surface area contributed by atoms with Crippen molar-refractivity contribution in [1.29, 1.82) is 0 Å². The summed E-state index contributed by atoms with van der Waals surface area (Å²) in [4.78, 5) is 11.1. The highest BCUT2D eigenvalue weighted by molar-refractivity contribution is 9.08. The molecule has 0 spiro atoms. The molecule has 0 saturated heterocycles. The molecule has 76 valence electrons. The van der Waals surface area contributed by atoms with Crippen molar-refractivity contribution in [2.24, 2.45) is 0 Å². The molecular formula is C10H11BrClNO. The van der Waals surface area contributed by atoms with Crippen molar-refractivity contribution in [3.63, 3.8) is 0 Å². The van der Waals surface area contributed by atoms with Crippen LogP contribution in [0.5, 0.6) is 0 Å². The van der Waals surface area contributed by atoms with Gasteiger partial charge in [-0.3, -0.25) is 4.79 Å². The Labute approximate surface area is 96.6 Å². The Morgan fingerprint density at radius 1 is 1.64 bits per heavy atom. The van der Waals surface area contributed by atoms with Gasteiger partial charge in [-0.25, -0.2) is 0 Å². The number of hydrogen-bond acceptors (Lipinski definition) is 2. The molecule has 0 heterocycles. The number of halogens is 2. The summed E-state index contributed by atoms with van der Waals surface area (Å²) < 4.78 is 0. The largest absolute Gasteiger partial charge is 0.398 e. The molecule has 0 fully saturated rings. The van der Waals surface area contributed by atoms with E-state index < -0.39 is 5.38 Å². The molecule has 0 aliphatic carbocycles. The number of carbonyl (C=O) groups excluding carboxylic acids is 1. The van der Waals surface area contributed by atoms with E-state index in [4.69, 9.17) is 17.3 Å². The smallest absolute Gasteiger partial charge is 0.152 e. The first-order valence-electron chi connectivity index (χ1n) is 4.15. The van der Waals surface area contributed by atoms with Crippen LogP contribution in [-0.2, 0) is 10.1 Å². The fourth-order valence-corrected chi connectivity index (χ4v) is 1.70. The third-order valence-electron chi connectivity index (χ3n) is 1.94. The summed E-state index contributed by atoms with van der Waals surface area (Å²) in [5.41, 5.74) is 8.10. The fourth-order valence-electron chi connectivity index (χ4n) is 1.16. The highest BCUT2D eigenvalue weighted by atomic mass is 79.9. The molecule has 0 saturated carbocycles. The van der Waals surface area contributed by atoms with Crippen molar-refractivity contribution in [2.45, 2.75) is 17.6 Å². The molecule has 0 radical (unpaired) electrons. The molecule has 1 unspecified atom stereocenters. The highest BCUT2D eigenvalue weighted by Crippen LogP contribution is 2.28. The van der Waals surface area contributed by atoms with E-state index in [1.165, 1.54) is 6.92 Å². The van der Waals surface area contributed by atoms with Crippen molar-refractivity contribution in [1.82, 2.24) is 0 Å². The number of hydrogen-bond donors (Lipinski definition) is 1. The maximum absolute atomic E-state index is 11.1. The zero-order valence-corrected chi connectivity index (χ0v) is 10.1. The summed E-state index contributed by atoms with van der Waals surface area (Å²) in [7, 11) is 0. The van der Waals surface area contributed by atoms with Gasteiger partial charge in [-0.1, -0.05) is 28.1 Å². The van der Waals surface area contributed by atoms with Crippen LogP contribution >= 0.6 is 27.5 Å². The summed E-state index contributed by atoms with van der Waals surface area (Å²) in [5.74, 6) is -0.0926. The Hall–Kier alpha value is -0.540. The Kier molecular flexibility index (Phi) is 3.96. The lowest BCUT2D eigenvalue weighted by molar-refractivity contribution is -0.116. The van der Waals surface area contributed by atoms with E-state index in [1.807, 2.05) is 12.1 Å². The van der Waals surface area contributed by atoms with E-state index in [-0.39, 0.29) is 5.78 Å². The molecule has 0 aliphatic heterocycles. The standard InChI is InChI=1S/C10H11BrClNO/c1-6(14)10(12)8-3-2-7(5-11)4-9(8)13/h2-4,10H,5,13H2,1H3. The minimum atomic E-state index is -0.639. The molecule has 4 heteroatoms. The SMILES string of the molecule is CC(=O)C(Cl)c1ccc(CBr)cc1N. The van der Waals surface area contributed by atoms with Gasteiger partial charge in [-0.15, -0.1) is 11.6 Å². The summed E-state index contributed by atoms with van der Waals surface area (Å²) in [6, 6.07) is 5.52. The topological polar surface area (TPSA) is 43.1 Å². The Bertz CT molecular complexity index is 354. The van der Waals surface area contributed by atoms with Gasteiger partial charge in [0.15, 0.2) is 5.78 Å². The molecule has 0 aromatic heterocycles. The number of nitrogen functional groups attached to an aromatic ring is 1. The number of Topliss-reactive ketones (excluding diaryl/α,β-unsaturated/α-hetero) is 1. The average Bonchev–Trinajstić information content (AvgIpc) is 2.16. The Morgan fingerprint density at radius 2 is 2.29 bits per heavy atom. The molecule has 1 rings (SSSR count). The van der Waals surface area contributed by atoms with Gasteiger partial charge in [0, 0.05) is 16.6 Å². The van der Waals surface area contributed by atoms with Crippen molar-refractivity contribution >= 4 is 39.0 Å². The van der Waals surface area contributed by atoms with E-state index in [9.17, 15) is 4.79 Å². The lowest BCUT2D eigenvalue weighted by Crippen LogP contribution is -2.05. The average molecular weight is 277 g/mol. The first-order chi connectivity index (χ1) is 6.56. The van der Waals surface area contributed by atoms with Crippen LogP contribution < -0.4 is 5.73 Å². The molecule has 0 amide bonds. The third-order valence-corrected chi connectivity index (χ3v) is 3.13. The van der Waals surface area contributed by atoms with Crippen molar-refractivity contribution < 1.29 is 4.79 Å². The molecule has 2 N–H and O–H groups in total. The second-order valence-corrected chi connectivity index (χ2v) is 4.07. The van der Waals surface area contributed by atoms with Gasteiger partial charge in [0.25, 0.3) is 0 Å². The molecule has 1 aromatic rings. The van der Waals surface area contributed by atoms with E-state index in [0.717, 1.165) is 10.9 Å². The Morgan fingerprint density at radius 3 is 2.71 bits per heavy atom. The first kappa shape index (κ1) is 11.5. The van der Waals surface area contributed by atoms with Crippen LogP contribution in [0.2, 0.25) is 0 Å². The van der Waals surface area contributed by atoms with Crippen LogP contribution in [-0.4, -0.2) is 5.78 Å². The van der Waals surface area contributed by atoms with Gasteiger partial charge in [-0.05, 0) is 18.6 Å². The summed E-state index contributed by atoms with van der Waals surface area (Å²) in [5, 5.41) is 0.101. The van der Waals surface area contributed by atoms with E-state index >= 15 is 0 Å². The molecule has 0 bridgehead atoms. The quantitative estimate of drug-likeness (QED) is 0.681. The van der Waals surface area contributed by atoms with Crippen LogP contribution in [0.25, 0.3) is 0 Å². The Balaban J connectivity index is 3.05. The van der Waals surface area contributed by atoms with Crippen molar-refractivity contribution in [3.8, 4) is 0 Å². The van der Waals surface area contributed by atoms with Crippen molar-refractivity contribution in [2.75, 3.05) is 5.73 Å². The maximum atomic E-state index is 11.1. The van der Waals surface area contributed by atoms with E-state index in [0.29, 0.717) is 11.3 Å². The number of rotatable bonds is 3. The minimum Gasteiger partial charge on any atom is -0.398 e. The minimum absolute atomic E-state index is 0.0926. The molecule has 2 nitrogen and oxygen atoms in total. The van der Waals surface area contributed by atoms with Crippen LogP contribution in [0.3, 0.4) is 0 Å². The van der Waals surface area contributed by atoms with Crippen molar-refractivity contribution in [3.05, 3.63) is 29.3 Å². The van der Waals surface area contributed by atoms with Crippen LogP contribution in [0.15, 0.2) is 18.2 Å². The van der Waals surface area contributed by atoms with E-state index in [1.54, 1.807) is 6.07 Å². The number of carbonyl (C=O) groups is 1. The van der Waals surface area contributed by atoms with Crippen LogP contribution in [0.1, 0.15) is 23.4 Å². The molecule has 14 heavy (non-hydrogen) atoms. The van der Waals surface area contributed by atoms with Gasteiger partial charge < -0.3 is 5.73 Å². The molecular weight excluding hydrogens is 265 g/mol. The van der Waals surface area contributed by atoms with E-state index in [2.05, 4.69) is 15.9 Å². The normalized spacial score (nSPS) is 12.5. The van der Waals surface area contributed by atoms with Gasteiger partial charge in [0.2, 0.25) is 0 Å². The molecule has 0 aliphatic rings. The monoisotopic (exact) mass is 275 g/mol. The highest BCUT2D eigenvalue weighted by Gasteiger charge is 2.15. The van der Waals surface area contributed by atoms with Gasteiger partial charge >= 0.3 is 0 Å². The predicted octanol–water partition coefficient (Wildman–Crippen LogP) is 3.03. The zero-order chi connectivity index (χ0) is 10.7. The second kappa shape index (κ2) is 4.80. The predicted molar refractivity (Wildman–Crippen MR) is 62.8 cm³/mol. The van der Waals surface area contributed by atoms with Crippen LogP contribution in [0.4, 0.5) is 5.69 Å². The number of alkyl halides is 2.